The molecule has 0 unspecified atom stereocenters. The van der Waals surface area contributed by atoms with Crippen molar-refractivity contribution < 1.29 is 17.6 Å². The molecule has 3 aliphatic rings. The third kappa shape index (κ3) is 2.48. The number of rotatable bonds is 3. The Bertz CT molecular complexity index is 672. The predicted molar refractivity (Wildman–Crippen MR) is 79.0 cm³/mol. The zero-order valence-corrected chi connectivity index (χ0v) is 12.8. The van der Waals surface area contributed by atoms with Crippen LogP contribution in [0.25, 0.3) is 0 Å². The van der Waals surface area contributed by atoms with Crippen molar-refractivity contribution in [3.63, 3.8) is 0 Å². The molecule has 1 aliphatic heterocycles. The molecule has 0 bridgehead atoms. The molecular formula is C17H18F4N2. The van der Waals surface area contributed by atoms with E-state index >= 15 is 0 Å². The van der Waals surface area contributed by atoms with Gasteiger partial charge in [-0.2, -0.15) is 13.2 Å². The summed E-state index contributed by atoms with van der Waals surface area (Å²) in [4.78, 5) is 0. The van der Waals surface area contributed by atoms with Crippen LogP contribution < -0.4 is 5.01 Å². The van der Waals surface area contributed by atoms with Gasteiger partial charge in [-0.25, -0.2) is 4.39 Å². The van der Waals surface area contributed by atoms with Crippen molar-refractivity contribution in [2.24, 2.45) is 11.8 Å². The van der Waals surface area contributed by atoms with E-state index in [1.165, 1.54) is 23.4 Å². The number of benzene rings is 1. The summed E-state index contributed by atoms with van der Waals surface area (Å²) in [7, 11) is 1.80. The second-order valence-electron chi connectivity index (χ2n) is 6.67. The standard InChI is InChI=1S/C17H18F4N2/c1-22-16(11-7-8-11)12(10-5-6-10)9-23(22)14-4-2-3-13(18)15(14)17(19,20)21/h2-4,10-11H,5-9H2,1H3. The lowest BCUT2D eigenvalue weighted by atomic mass is 10.1. The number of nitrogens with zero attached hydrogens (tertiary/aromatic N) is 2. The summed E-state index contributed by atoms with van der Waals surface area (Å²) in [6.45, 7) is 0.444. The van der Waals surface area contributed by atoms with Crippen LogP contribution in [0.2, 0.25) is 0 Å². The first-order chi connectivity index (χ1) is 10.9. The Morgan fingerprint density at radius 2 is 1.70 bits per heavy atom. The molecule has 0 aromatic heterocycles. The average molecular weight is 326 g/mol. The summed E-state index contributed by atoms with van der Waals surface area (Å²) < 4.78 is 53.9. The molecular weight excluding hydrogens is 308 g/mol. The maximum Gasteiger partial charge on any atom is 0.421 e. The summed E-state index contributed by atoms with van der Waals surface area (Å²) in [5, 5.41) is 3.42. The lowest BCUT2D eigenvalue weighted by Crippen LogP contribution is -2.36. The Balaban J connectivity index is 1.74. The van der Waals surface area contributed by atoms with Crippen LogP contribution in [0.1, 0.15) is 31.2 Å². The quantitative estimate of drug-likeness (QED) is 0.750. The zero-order chi connectivity index (χ0) is 16.4. The van der Waals surface area contributed by atoms with Crippen LogP contribution in [0.3, 0.4) is 0 Å². The maximum absolute atomic E-state index is 13.9. The highest BCUT2D eigenvalue weighted by molar-refractivity contribution is 5.58. The largest absolute Gasteiger partial charge is 0.421 e. The van der Waals surface area contributed by atoms with Crippen molar-refractivity contribution in [1.82, 2.24) is 5.01 Å². The molecule has 2 fully saturated rings. The lowest BCUT2D eigenvalue weighted by Gasteiger charge is -2.32. The minimum atomic E-state index is -4.70. The van der Waals surface area contributed by atoms with Crippen LogP contribution in [0.4, 0.5) is 23.2 Å². The van der Waals surface area contributed by atoms with Gasteiger partial charge in [-0.05, 0) is 49.3 Å². The van der Waals surface area contributed by atoms with Crippen LogP contribution in [-0.4, -0.2) is 18.6 Å². The molecule has 2 nitrogen and oxygen atoms in total. The predicted octanol–water partition coefficient (Wildman–Crippen LogP) is 4.59. The molecule has 0 N–H and O–H groups in total. The van der Waals surface area contributed by atoms with Crippen molar-refractivity contribution >= 4 is 5.69 Å². The Morgan fingerprint density at radius 3 is 2.26 bits per heavy atom. The zero-order valence-electron chi connectivity index (χ0n) is 12.8. The van der Waals surface area contributed by atoms with Crippen LogP contribution in [-0.2, 0) is 6.18 Å². The van der Waals surface area contributed by atoms with Gasteiger partial charge in [0.25, 0.3) is 0 Å². The second kappa shape index (κ2) is 4.89. The second-order valence-corrected chi connectivity index (χ2v) is 6.67. The van der Waals surface area contributed by atoms with Gasteiger partial charge in [0.05, 0.1) is 12.2 Å². The van der Waals surface area contributed by atoms with E-state index in [0.717, 1.165) is 31.7 Å². The van der Waals surface area contributed by atoms with Gasteiger partial charge < -0.3 is 0 Å². The van der Waals surface area contributed by atoms with E-state index in [-0.39, 0.29) is 5.69 Å². The maximum atomic E-state index is 13.9. The van der Waals surface area contributed by atoms with Gasteiger partial charge in [0.15, 0.2) is 0 Å². The highest BCUT2D eigenvalue weighted by atomic mass is 19.4. The summed E-state index contributed by atoms with van der Waals surface area (Å²) in [5.74, 6) is -0.249. The molecule has 0 atom stereocenters. The van der Waals surface area contributed by atoms with Gasteiger partial charge in [-0.1, -0.05) is 6.07 Å². The van der Waals surface area contributed by atoms with Crippen LogP contribution in [0, 0.1) is 17.7 Å². The Kier molecular flexibility index (Phi) is 3.15. The Morgan fingerprint density at radius 1 is 1.04 bits per heavy atom. The van der Waals surface area contributed by atoms with E-state index in [0.29, 0.717) is 18.4 Å². The number of alkyl halides is 3. The number of hydrazine groups is 1. The first-order valence-corrected chi connectivity index (χ1v) is 7.97. The summed E-state index contributed by atoms with van der Waals surface area (Å²) in [5.41, 5.74) is 1.17. The molecule has 0 saturated heterocycles. The smallest absolute Gasteiger partial charge is 0.292 e. The van der Waals surface area contributed by atoms with Gasteiger partial charge in [-0.3, -0.25) is 10.0 Å². The molecule has 0 radical (unpaired) electrons. The summed E-state index contributed by atoms with van der Waals surface area (Å²) in [6.07, 6.45) is -0.285. The van der Waals surface area contributed by atoms with Crippen LogP contribution in [0.15, 0.2) is 29.5 Å². The van der Waals surface area contributed by atoms with Gasteiger partial charge >= 0.3 is 6.18 Å². The molecule has 2 saturated carbocycles. The molecule has 23 heavy (non-hydrogen) atoms. The third-order valence-corrected chi connectivity index (χ3v) is 4.95. The highest BCUT2D eigenvalue weighted by Gasteiger charge is 2.45. The first-order valence-electron chi connectivity index (χ1n) is 7.97. The minimum absolute atomic E-state index is 0.0891. The Hall–Kier alpha value is -1.72. The lowest BCUT2D eigenvalue weighted by molar-refractivity contribution is -0.139. The number of hydrogen-bond donors (Lipinski definition) is 0. The molecule has 6 heteroatoms. The highest BCUT2D eigenvalue weighted by Crippen LogP contribution is 2.51. The molecule has 1 aromatic carbocycles. The normalized spacial score (nSPS) is 22.3. The van der Waals surface area contributed by atoms with Gasteiger partial charge in [0.1, 0.15) is 11.4 Å². The topological polar surface area (TPSA) is 6.48 Å². The van der Waals surface area contributed by atoms with Crippen molar-refractivity contribution in [3.05, 3.63) is 40.8 Å². The molecule has 0 amide bonds. The molecule has 2 aliphatic carbocycles. The fourth-order valence-corrected chi connectivity index (χ4v) is 3.59. The average Bonchev–Trinajstić information content (AvgIpc) is 3.35. The van der Waals surface area contributed by atoms with Crippen molar-refractivity contribution in [2.45, 2.75) is 31.9 Å². The van der Waals surface area contributed by atoms with Gasteiger partial charge in [0, 0.05) is 18.7 Å². The van der Waals surface area contributed by atoms with E-state index in [2.05, 4.69) is 0 Å². The number of halogens is 4. The fraction of sp³-hybridized carbons (Fsp3) is 0.529. The van der Waals surface area contributed by atoms with Crippen LogP contribution >= 0.6 is 0 Å². The van der Waals surface area contributed by atoms with E-state index in [9.17, 15) is 17.6 Å². The van der Waals surface area contributed by atoms with E-state index < -0.39 is 17.6 Å². The fourth-order valence-electron chi connectivity index (χ4n) is 3.59. The molecule has 4 rings (SSSR count). The number of allylic oxidation sites excluding steroid dienone is 1. The van der Waals surface area contributed by atoms with Crippen LogP contribution in [0.5, 0.6) is 0 Å². The SMILES string of the molecule is CN1C(C2CC2)=C(C2CC2)CN1c1cccc(F)c1C(F)(F)F. The number of hydrogen-bond acceptors (Lipinski definition) is 2. The number of anilines is 1. The molecule has 1 heterocycles. The van der Waals surface area contributed by atoms with Crippen molar-refractivity contribution in [2.75, 3.05) is 18.6 Å². The van der Waals surface area contributed by atoms with Crippen molar-refractivity contribution in [3.8, 4) is 0 Å². The third-order valence-electron chi connectivity index (χ3n) is 4.95. The molecule has 1 aromatic rings. The van der Waals surface area contributed by atoms with E-state index in [1.54, 1.807) is 12.1 Å². The Labute approximate surface area is 132 Å². The van der Waals surface area contributed by atoms with E-state index in [4.69, 9.17) is 0 Å². The minimum Gasteiger partial charge on any atom is -0.292 e. The summed E-state index contributed by atoms with van der Waals surface area (Å²) >= 11 is 0. The molecule has 124 valence electrons. The van der Waals surface area contributed by atoms with Gasteiger partial charge in [-0.15, -0.1) is 0 Å². The van der Waals surface area contributed by atoms with E-state index in [1.807, 2.05) is 5.01 Å². The first kappa shape index (κ1) is 14.8. The monoisotopic (exact) mass is 326 g/mol. The summed E-state index contributed by atoms with van der Waals surface area (Å²) in [6, 6.07) is 3.59. The van der Waals surface area contributed by atoms with Crippen molar-refractivity contribution in [1.29, 1.82) is 0 Å². The molecule has 0 spiro atoms. The van der Waals surface area contributed by atoms with Gasteiger partial charge in [0.2, 0.25) is 0 Å².